The first-order valence-corrected chi connectivity index (χ1v) is 6.53. The molecular weight excluding hydrogens is 182 g/mol. The lowest BCUT2D eigenvalue weighted by atomic mass is 9.88. The van der Waals surface area contributed by atoms with Gasteiger partial charge in [-0.3, -0.25) is 0 Å². The van der Waals surface area contributed by atoms with E-state index in [1.807, 2.05) is 0 Å². The molecule has 4 atom stereocenters. The van der Waals surface area contributed by atoms with Crippen molar-refractivity contribution >= 4 is 0 Å². The summed E-state index contributed by atoms with van der Waals surface area (Å²) >= 11 is 0. The first-order valence-electron chi connectivity index (χ1n) is 6.53. The van der Waals surface area contributed by atoms with Crippen molar-refractivity contribution in [3.8, 4) is 12.3 Å². The summed E-state index contributed by atoms with van der Waals surface area (Å²) in [7, 11) is 0. The molecular formula is C14H23N. The molecule has 4 unspecified atom stereocenters. The highest BCUT2D eigenvalue weighted by Gasteiger charge is 2.39. The van der Waals surface area contributed by atoms with E-state index in [4.69, 9.17) is 6.42 Å². The minimum atomic E-state index is 0.314. The van der Waals surface area contributed by atoms with Crippen LogP contribution in [0.2, 0.25) is 0 Å². The molecule has 84 valence electrons. The number of hydrogen-bond donors (Lipinski definition) is 1. The van der Waals surface area contributed by atoms with Gasteiger partial charge >= 0.3 is 0 Å². The van der Waals surface area contributed by atoms with Crippen LogP contribution in [0, 0.1) is 30.1 Å². The van der Waals surface area contributed by atoms with Crippen LogP contribution in [0.25, 0.3) is 0 Å². The smallest absolute Gasteiger partial charge is 0.0686 e. The summed E-state index contributed by atoms with van der Waals surface area (Å²) in [4.78, 5) is 0. The molecule has 0 amide bonds. The first-order chi connectivity index (χ1) is 7.33. The van der Waals surface area contributed by atoms with E-state index in [0.717, 1.165) is 30.7 Å². The van der Waals surface area contributed by atoms with Gasteiger partial charge < -0.3 is 5.32 Å². The lowest BCUT2D eigenvalue weighted by Crippen LogP contribution is -2.34. The molecule has 2 aliphatic rings. The molecule has 2 saturated carbocycles. The Hall–Kier alpha value is -0.480. The molecule has 0 aromatic carbocycles. The van der Waals surface area contributed by atoms with Crippen molar-refractivity contribution in [2.45, 2.75) is 51.5 Å². The van der Waals surface area contributed by atoms with E-state index < -0.39 is 0 Å². The lowest BCUT2D eigenvalue weighted by molar-refractivity contribution is 0.311. The maximum atomic E-state index is 5.51. The molecule has 0 heterocycles. The maximum Gasteiger partial charge on any atom is 0.0686 e. The molecule has 0 radical (unpaired) electrons. The Kier molecular flexibility index (Phi) is 3.70. The molecule has 1 heteroatoms. The zero-order valence-electron chi connectivity index (χ0n) is 9.84. The molecule has 2 rings (SSSR count). The predicted molar refractivity (Wildman–Crippen MR) is 64.5 cm³/mol. The van der Waals surface area contributed by atoms with E-state index in [1.165, 1.54) is 32.1 Å². The number of terminal acetylenes is 1. The molecule has 1 nitrogen and oxygen atoms in total. The molecule has 0 aliphatic heterocycles. The van der Waals surface area contributed by atoms with Gasteiger partial charge in [0.05, 0.1) is 6.04 Å². The van der Waals surface area contributed by atoms with Gasteiger partial charge in [0, 0.05) is 0 Å². The van der Waals surface area contributed by atoms with Crippen molar-refractivity contribution in [2.75, 3.05) is 6.54 Å². The van der Waals surface area contributed by atoms with Crippen LogP contribution >= 0.6 is 0 Å². The van der Waals surface area contributed by atoms with Gasteiger partial charge in [0.1, 0.15) is 0 Å². The van der Waals surface area contributed by atoms with E-state index in [0.29, 0.717) is 6.04 Å². The molecule has 2 bridgehead atoms. The summed E-state index contributed by atoms with van der Waals surface area (Å²) < 4.78 is 0. The first kappa shape index (κ1) is 11.0. The fourth-order valence-electron chi connectivity index (χ4n) is 3.45. The van der Waals surface area contributed by atoms with Crippen molar-refractivity contribution < 1.29 is 0 Å². The Balaban J connectivity index is 1.72. The number of nitrogens with one attached hydrogen (secondary N) is 1. The average Bonchev–Trinajstić information content (AvgIpc) is 2.85. The molecule has 0 aromatic heterocycles. The predicted octanol–water partition coefficient (Wildman–Crippen LogP) is 2.81. The van der Waals surface area contributed by atoms with Gasteiger partial charge in [-0.25, -0.2) is 0 Å². The number of hydrogen-bond acceptors (Lipinski definition) is 1. The third kappa shape index (κ3) is 2.55. The van der Waals surface area contributed by atoms with Crippen LogP contribution in [-0.4, -0.2) is 12.6 Å². The van der Waals surface area contributed by atoms with E-state index >= 15 is 0 Å². The molecule has 0 spiro atoms. The van der Waals surface area contributed by atoms with Crippen molar-refractivity contribution in [3.63, 3.8) is 0 Å². The van der Waals surface area contributed by atoms with Crippen LogP contribution in [0.3, 0.4) is 0 Å². The van der Waals surface area contributed by atoms with E-state index in [2.05, 4.69) is 18.2 Å². The van der Waals surface area contributed by atoms with Crippen LogP contribution in [0.5, 0.6) is 0 Å². The Labute approximate surface area is 94.0 Å². The van der Waals surface area contributed by atoms with Gasteiger partial charge in [0.2, 0.25) is 0 Å². The molecule has 2 aliphatic carbocycles. The SMILES string of the molecule is C#CC(CCC)NCC1CC2CCC1C2. The molecule has 0 aromatic rings. The second-order valence-electron chi connectivity index (χ2n) is 5.35. The Morgan fingerprint density at radius 3 is 2.80 bits per heavy atom. The molecule has 1 N–H and O–H groups in total. The zero-order chi connectivity index (χ0) is 10.7. The third-order valence-electron chi connectivity index (χ3n) is 4.29. The Morgan fingerprint density at radius 2 is 2.27 bits per heavy atom. The summed E-state index contributed by atoms with van der Waals surface area (Å²) in [6.45, 7) is 3.36. The normalized spacial score (nSPS) is 35.3. The van der Waals surface area contributed by atoms with Crippen LogP contribution in [0.1, 0.15) is 45.4 Å². The molecule has 15 heavy (non-hydrogen) atoms. The Bertz CT molecular complexity index is 240. The average molecular weight is 205 g/mol. The van der Waals surface area contributed by atoms with Gasteiger partial charge in [-0.2, -0.15) is 0 Å². The fraction of sp³-hybridized carbons (Fsp3) is 0.857. The monoisotopic (exact) mass is 205 g/mol. The summed E-state index contributed by atoms with van der Waals surface area (Å²) in [6.07, 6.45) is 13.7. The zero-order valence-corrected chi connectivity index (χ0v) is 9.84. The van der Waals surface area contributed by atoms with Gasteiger partial charge in [-0.1, -0.05) is 25.7 Å². The van der Waals surface area contributed by atoms with E-state index in [-0.39, 0.29) is 0 Å². The lowest BCUT2D eigenvalue weighted by Gasteiger charge is -2.23. The third-order valence-corrected chi connectivity index (χ3v) is 4.29. The minimum absolute atomic E-state index is 0.314. The summed E-state index contributed by atoms with van der Waals surface area (Å²) in [5, 5.41) is 3.56. The number of rotatable bonds is 5. The van der Waals surface area contributed by atoms with Crippen LogP contribution in [-0.2, 0) is 0 Å². The minimum Gasteiger partial charge on any atom is -0.303 e. The topological polar surface area (TPSA) is 12.0 Å². The Morgan fingerprint density at radius 1 is 1.40 bits per heavy atom. The second kappa shape index (κ2) is 5.03. The van der Waals surface area contributed by atoms with Gasteiger partial charge in [0.15, 0.2) is 0 Å². The highest BCUT2D eigenvalue weighted by Crippen LogP contribution is 2.47. The van der Waals surface area contributed by atoms with Crippen molar-refractivity contribution in [3.05, 3.63) is 0 Å². The second-order valence-corrected chi connectivity index (χ2v) is 5.35. The molecule has 2 fully saturated rings. The van der Waals surface area contributed by atoms with Gasteiger partial charge in [-0.05, 0) is 50.0 Å². The fourth-order valence-corrected chi connectivity index (χ4v) is 3.45. The quantitative estimate of drug-likeness (QED) is 0.681. The van der Waals surface area contributed by atoms with E-state index in [9.17, 15) is 0 Å². The van der Waals surface area contributed by atoms with Crippen molar-refractivity contribution in [2.24, 2.45) is 17.8 Å². The highest BCUT2D eigenvalue weighted by atomic mass is 14.9. The van der Waals surface area contributed by atoms with Crippen molar-refractivity contribution in [1.29, 1.82) is 0 Å². The molecule has 0 saturated heterocycles. The maximum absolute atomic E-state index is 5.51. The summed E-state index contributed by atoms with van der Waals surface area (Å²) in [6, 6.07) is 0.314. The standard InChI is InChI=1S/C14H23N/c1-3-5-14(4-2)15-10-13-9-11-6-7-12(13)8-11/h2,11-15H,3,5-10H2,1H3. The van der Waals surface area contributed by atoms with E-state index in [1.54, 1.807) is 0 Å². The van der Waals surface area contributed by atoms with Gasteiger partial charge in [0.25, 0.3) is 0 Å². The van der Waals surface area contributed by atoms with Crippen LogP contribution in [0.15, 0.2) is 0 Å². The van der Waals surface area contributed by atoms with Crippen LogP contribution < -0.4 is 5.32 Å². The summed E-state index contributed by atoms with van der Waals surface area (Å²) in [5.74, 6) is 5.86. The van der Waals surface area contributed by atoms with Crippen LogP contribution in [0.4, 0.5) is 0 Å². The van der Waals surface area contributed by atoms with Gasteiger partial charge in [-0.15, -0.1) is 6.42 Å². The largest absolute Gasteiger partial charge is 0.303 e. The summed E-state index contributed by atoms with van der Waals surface area (Å²) in [5.41, 5.74) is 0. The van der Waals surface area contributed by atoms with Crippen molar-refractivity contribution in [1.82, 2.24) is 5.32 Å². The highest BCUT2D eigenvalue weighted by molar-refractivity contribution is 4.99. The number of fused-ring (bicyclic) bond motifs is 2.